The van der Waals surface area contributed by atoms with E-state index in [1.807, 2.05) is 32.9 Å². The SMILES string of the molecule is Cc1ccc([C@@H](C)NC(=O)CN(c2ccc(Br)cc2)S(=O)(=O)c2ccccc2)c(C)c1. The van der Waals surface area contributed by atoms with Crippen LogP contribution in [-0.4, -0.2) is 20.9 Å². The van der Waals surface area contributed by atoms with Gasteiger partial charge in [0.2, 0.25) is 5.91 Å². The van der Waals surface area contributed by atoms with E-state index in [1.54, 1.807) is 42.5 Å². The lowest BCUT2D eigenvalue weighted by Gasteiger charge is -2.25. The lowest BCUT2D eigenvalue weighted by atomic mass is 10.0. The van der Waals surface area contributed by atoms with Crippen LogP contribution >= 0.6 is 15.9 Å². The molecule has 7 heteroatoms. The van der Waals surface area contributed by atoms with Crippen LogP contribution in [0, 0.1) is 13.8 Å². The third kappa shape index (κ3) is 5.54. The highest BCUT2D eigenvalue weighted by Gasteiger charge is 2.27. The van der Waals surface area contributed by atoms with Gasteiger partial charge in [0, 0.05) is 4.47 Å². The van der Waals surface area contributed by atoms with Crippen molar-refractivity contribution < 1.29 is 13.2 Å². The zero-order chi connectivity index (χ0) is 22.6. The molecule has 31 heavy (non-hydrogen) atoms. The average molecular weight is 501 g/mol. The van der Waals surface area contributed by atoms with Crippen molar-refractivity contribution in [3.8, 4) is 0 Å². The molecule has 0 saturated carbocycles. The zero-order valence-corrected chi connectivity index (χ0v) is 20.1. The summed E-state index contributed by atoms with van der Waals surface area (Å²) in [4.78, 5) is 13.0. The molecule has 1 atom stereocenters. The van der Waals surface area contributed by atoms with E-state index in [9.17, 15) is 13.2 Å². The van der Waals surface area contributed by atoms with Crippen LogP contribution < -0.4 is 9.62 Å². The Bertz CT molecular complexity index is 1160. The monoisotopic (exact) mass is 500 g/mol. The van der Waals surface area contributed by atoms with Crippen LogP contribution in [0.4, 0.5) is 5.69 Å². The molecule has 5 nitrogen and oxygen atoms in total. The largest absolute Gasteiger partial charge is 0.348 e. The molecule has 0 heterocycles. The molecule has 0 unspecified atom stereocenters. The lowest BCUT2D eigenvalue weighted by molar-refractivity contribution is -0.120. The third-order valence-corrected chi connectivity index (χ3v) is 7.32. The highest BCUT2D eigenvalue weighted by atomic mass is 79.9. The fraction of sp³-hybridized carbons (Fsp3) is 0.208. The van der Waals surface area contributed by atoms with Gasteiger partial charge in [-0.05, 0) is 68.3 Å². The smallest absolute Gasteiger partial charge is 0.264 e. The summed E-state index contributed by atoms with van der Waals surface area (Å²) in [5, 5.41) is 2.94. The third-order valence-electron chi connectivity index (χ3n) is 5.00. The molecule has 0 aliphatic carbocycles. The summed E-state index contributed by atoms with van der Waals surface area (Å²) in [6.45, 7) is 5.59. The summed E-state index contributed by atoms with van der Waals surface area (Å²) < 4.78 is 28.6. The number of amides is 1. The maximum atomic E-state index is 13.3. The van der Waals surface area contributed by atoms with Crippen molar-refractivity contribution in [2.75, 3.05) is 10.8 Å². The van der Waals surface area contributed by atoms with Gasteiger partial charge in [-0.1, -0.05) is 57.9 Å². The van der Waals surface area contributed by atoms with Gasteiger partial charge in [-0.25, -0.2) is 8.42 Å². The highest BCUT2D eigenvalue weighted by Crippen LogP contribution is 2.25. The average Bonchev–Trinajstić information content (AvgIpc) is 2.73. The fourth-order valence-electron chi connectivity index (χ4n) is 3.45. The fourth-order valence-corrected chi connectivity index (χ4v) is 5.16. The first-order valence-electron chi connectivity index (χ1n) is 9.88. The van der Waals surface area contributed by atoms with Crippen molar-refractivity contribution in [3.63, 3.8) is 0 Å². The topological polar surface area (TPSA) is 66.5 Å². The Morgan fingerprint density at radius 3 is 2.26 bits per heavy atom. The van der Waals surface area contributed by atoms with E-state index in [4.69, 9.17) is 0 Å². The molecule has 3 rings (SSSR count). The Kier molecular flexibility index (Phi) is 7.18. The molecule has 0 aromatic heterocycles. The lowest BCUT2D eigenvalue weighted by Crippen LogP contribution is -2.41. The molecule has 0 saturated heterocycles. The summed E-state index contributed by atoms with van der Waals surface area (Å²) in [7, 11) is -3.92. The van der Waals surface area contributed by atoms with Crippen molar-refractivity contribution in [3.05, 3.63) is 94.0 Å². The van der Waals surface area contributed by atoms with Crippen LogP contribution in [0.2, 0.25) is 0 Å². The van der Waals surface area contributed by atoms with Crippen LogP contribution in [-0.2, 0) is 14.8 Å². The summed E-state index contributed by atoms with van der Waals surface area (Å²) in [6, 6.07) is 20.8. The predicted octanol–water partition coefficient (Wildman–Crippen LogP) is 5.14. The minimum Gasteiger partial charge on any atom is -0.348 e. The number of nitrogens with zero attached hydrogens (tertiary/aromatic N) is 1. The number of benzene rings is 3. The van der Waals surface area contributed by atoms with Gasteiger partial charge >= 0.3 is 0 Å². The second-order valence-electron chi connectivity index (χ2n) is 7.45. The number of nitrogens with one attached hydrogen (secondary N) is 1. The number of sulfonamides is 1. The molecule has 0 aliphatic heterocycles. The Hall–Kier alpha value is -2.64. The molecule has 0 radical (unpaired) electrons. The number of rotatable bonds is 7. The molecule has 0 fully saturated rings. The Morgan fingerprint density at radius 2 is 1.65 bits per heavy atom. The van der Waals surface area contributed by atoms with E-state index in [1.165, 1.54) is 12.1 Å². The number of hydrogen-bond donors (Lipinski definition) is 1. The first-order valence-corrected chi connectivity index (χ1v) is 12.1. The summed E-state index contributed by atoms with van der Waals surface area (Å²) >= 11 is 3.36. The minimum atomic E-state index is -3.92. The summed E-state index contributed by atoms with van der Waals surface area (Å²) in [5.74, 6) is -0.380. The standard InChI is InChI=1S/C24H25BrN2O3S/c1-17-9-14-23(18(2)15-17)19(3)26-24(28)16-27(21-12-10-20(25)11-13-21)31(29,30)22-7-5-4-6-8-22/h4-15,19H,16H2,1-3H3,(H,26,28)/t19-/m1/s1. The van der Waals surface area contributed by atoms with E-state index in [2.05, 4.69) is 27.3 Å². The van der Waals surface area contributed by atoms with Crippen LogP contribution in [0.3, 0.4) is 0 Å². The number of anilines is 1. The van der Waals surface area contributed by atoms with Crippen LogP contribution in [0.5, 0.6) is 0 Å². The van der Waals surface area contributed by atoms with Gasteiger partial charge in [0.05, 0.1) is 16.6 Å². The van der Waals surface area contributed by atoms with Gasteiger partial charge in [0.1, 0.15) is 6.54 Å². The molecule has 0 aliphatic rings. The highest BCUT2D eigenvalue weighted by molar-refractivity contribution is 9.10. The molecule has 0 bridgehead atoms. The molecule has 3 aromatic carbocycles. The second-order valence-corrected chi connectivity index (χ2v) is 10.2. The van der Waals surface area contributed by atoms with E-state index in [-0.39, 0.29) is 23.4 Å². The van der Waals surface area contributed by atoms with Crippen molar-refractivity contribution in [2.24, 2.45) is 0 Å². The zero-order valence-electron chi connectivity index (χ0n) is 17.7. The van der Waals surface area contributed by atoms with E-state index < -0.39 is 10.0 Å². The number of aryl methyl sites for hydroxylation is 2. The van der Waals surface area contributed by atoms with Gasteiger partial charge < -0.3 is 5.32 Å². The first-order chi connectivity index (χ1) is 14.7. The summed E-state index contributed by atoms with van der Waals surface area (Å²) in [6.07, 6.45) is 0. The molecule has 1 N–H and O–H groups in total. The van der Waals surface area contributed by atoms with Crippen molar-refractivity contribution >= 4 is 37.5 Å². The molecule has 1 amide bonds. The molecule has 0 spiro atoms. The van der Waals surface area contributed by atoms with Crippen molar-refractivity contribution in [1.82, 2.24) is 5.32 Å². The maximum absolute atomic E-state index is 13.3. The Balaban J connectivity index is 1.88. The number of carbonyl (C=O) groups excluding carboxylic acids is 1. The van der Waals surface area contributed by atoms with Gasteiger partial charge in [0.25, 0.3) is 10.0 Å². The van der Waals surface area contributed by atoms with Gasteiger partial charge in [-0.3, -0.25) is 9.10 Å². The molecular weight excluding hydrogens is 476 g/mol. The van der Waals surface area contributed by atoms with Gasteiger partial charge in [-0.2, -0.15) is 0 Å². The minimum absolute atomic E-state index is 0.133. The molecule has 3 aromatic rings. The van der Waals surface area contributed by atoms with Gasteiger partial charge in [0.15, 0.2) is 0 Å². The maximum Gasteiger partial charge on any atom is 0.264 e. The predicted molar refractivity (Wildman–Crippen MR) is 128 cm³/mol. The Morgan fingerprint density at radius 1 is 1.00 bits per heavy atom. The van der Waals surface area contributed by atoms with E-state index in [0.29, 0.717) is 5.69 Å². The second kappa shape index (κ2) is 9.66. The van der Waals surface area contributed by atoms with E-state index in [0.717, 1.165) is 25.5 Å². The Labute approximate surface area is 192 Å². The van der Waals surface area contributed by atoms with Gasteiger partial charge in [-0.15, -0.1) is 0 Å². The molecular formula is C24H25BrN2O3S. The number of carbonyl (C=O) groups is 1. The quantitative estimate of drug-likeness (QED) is 0.488. The van der Waals surface area contributed by atoms with Crippen LogP contribution in [0.15, 0.2) is 82.2 Å². The van der Waals surface area contributed by atoms with Crippen molar-refractivity contribution in [1.29, 1.82) is 0 Å². The number of halogens is 1. The van der Waals surface area contributed by atoms with Crippen LogP contribution in [0.25, 0.3) is 0 Å². The number of hydrogen-bond acceptors (Lipinski definition) is 3. The van der Waals surface area contributed by atoms with Crippen LogP contribution in [0.1, 0.15) is 29.7 Å². The summed E-state index contributed by atoms with van der Waals surface area (Å²) in [5.41, 5.74) is 3.64. The van der Waals surface area contributed by atoms with Crippen molar-refractivity contribution in [2.45, 2.75) is 31.7 Å². The normalized spacial score (nSPS) is 12.3. The molecule has 162 valence electrons. The van der Waals surface area contributed by atoms with E-state index >= 15 is 0 Å². The first kappa shape index (κ1) is 23.0.